The third kappa shape index (κ3) is 5.35. The Hall–Kier alpha value is -6.91. The van der Waals surface area contributed by atoms with E-state index in [0.29, 0.717) is 17.5 Å². The van der Waals surface area contributed by atoms with E-state index in [1.54, 1.807) is 0 Å². The molecule has 250 valence electrons. The highest BCUT2D eigenvalue weighted by Gasteiger charge is 2.22. The van der Waals surface area contributed by atoms with Gasteiger partial charge >= 0.3 is 0 Å². The normalized spacial score (nSPS) is 11.6. The molecule has 0 atom stereocenters. The first-order chi connectivity index (χ1) is 26.1. The van der Waals surface area contributed by atoms with Crippen molar-refractivity contribution in [3.8, 4) is 56.4 Å². The highest BCUT2D eigenvalue weighted by Crippen LogP contribution is 2.44. The lowest BCUT2D eigenvalue weighted by molar-refractivity contribution is 0.673. The summed E-state index contributed by atoms with van der Waals surface area (Å²) >= 11 is 0. The third-order valence-electron chi connectivity index (χ3n) is 10.3. The molecular formula is C49H33N3O. The largest absolute Gasteiger partial charge is 0.455 e. The van der Waals surface area contributed by atoms with Crippen molar-refractivity contribution < 1.29 is 4.42 Å². The Labute approximate surface area is 307 Å². The summed E-state index contributed by atoms with van der Waals surface area (Å²) in [5, 5.41) is 6.74. The lowest BCUT2D eigenvalue weighted by atomic mass is 9.92. The molecule has 0 N–H and O–H groups in total. The number of aryl methyl sites for hydroxylation is 2. The van der Waals surface area contributed by atoms with Crippen LogP contribution in [0.3, 0.4) is 0 Å². The van der Waals surface area contributed by atoms with Crippen LogP contribution in [0.1, 0.15) is 11.1 Å². The Balaban J connectivity index is 1.24. The summed E-state index contributed by atoms with van der Waals surface area (Å²) in [6.07, 6.45) is 0. The van der Waals surface area contributed by atoms with Crippen molar-refractivity contribution in [2.45, 2.75) is 13.8 Å². The molecule has 0 saturated heterocycles. The Morgan fingerprint density at radius 2 is 0.906 bits per heavy atom. The summed E-state index contributed by atoms with van der Waals surface area (Å²) in [6, 6.07) is 57.6. The molecule has 10 rings (SSSR count). The standard InChI is InChI=1S/C49H33N3O/c1-30-17-21-34(22-18-30)47-50-48(35-23-19-31(2)20-24-35)52-49(51-47)43-28-27-40(44-42-26-25-33-10-4-6-15-41(33)45(42)53-46(43)44)37-13-7-12-36(29-37)39-16-8-11-32-9-3-5-14-38(32)39/h3-29H,1-2H3. The zero-order valence-corrected chi connectivity index (χ0v) is 29.3. The van der Waals surface area contributed by atoms with Gasteiger partial charge in [-0.15, -0.1) is 0 Å². The summed E-state index contributed by atoms with van der Waals surface area (Å²) in [4.78, 5) is 15.3. The van der Waals surface area contributed by atoms with Crippen LogP contribution in [-0.2, 0) is 0 Å². The number of fused-ring (bicyclic) bond motifs is 6. The van der Waals surface area contributed by atoms with Crippen molar-refractivity contribution in [2.75, 3.05) is 0 Å². The van der Waals surface area contributed by atoms with Gasteiger partial charge in [0.15, 0.2) is 17.5 Å². The van der Waals surface area contributed by atoms with Gasteiger partial charge in [0.25, 0.3) is 0 Å². The molecule has 8 aromatic carbocycles. The van der Waals surface area contributed by atoms with Gasteiger partial charge < -0.3 is 4.42 Å². The zero-order chi connectivity index (χ0) is 35.5. The van der Waals surface area contributed by atoms with Crippen molar-refractivity contribution in [2.24, 2.45) is 0 Å². The summed E-state index contributed by atoms with van der Waals surface area (Å²) < 4.78 is 7.01. The van der Waals surface area contributed by atoms with Gasteiger partial charge in [-0.1, -0.05) is 157 Å². The van der Waals surface area contributed by atoms with Gasteiger partial charge in [-0.05, 0) is 70.5 Å². The fourth-order valence-electron chi connectivity index (χ4n) is 7.52. The molecule has 53 heavy (non-hydrogen) atoms. The van der Waals surface area contributed by atoms with E-state index < -0.39 is 0 Å². The first-order valence-corrected chi connectivity index (χ1v) is 17.9. The van der Waals surface area contributed by atoms with Crippen LogP contribution in [-0.4, -0.2) is 15.0 Å². The van der Waals surface area contributed by atoms with Gasteiger partial charge in [0, 0.05) is 27.3 Å². The molecule has 0 bridgehead atoms. The predicted octanol–water partition coefficient (Wildman–Crippen LogP) is 13.0. The van der Waals surface area contributed by atoms with Gasteiger partial charge in [0.05, 0.1) is 5.56 Å². The van der Waals surface area contributed by atoms with Crippen molar-refractivity contribution >= 4 is 43.5 Å². The topological polar surface area (TPSA) is 51.8 Å². The zero-order valence-electron chi connectivity index (χ0n) is 29.3. The molecule has 0 spiro atoms. The van der Waals surface area contributed by atoms with E-state index in [2.05, 4.69) is 178 Å². The quantitative estimate of drug-likeness (QED) is 0.182. The Morgan fingerprint density at radius 1 is 0.358 bits per heavy atom. The number of aromatic nitrogens is 3. The van der Waals surface area contributed by atoms with Crippen LogP contribution in [0.25, 0.3) is 99.9 Å². The fraction of sp³-hybridized carbons (Fsp3) is 0.0408. The van der Waals surface area contributed by atoms with Gasteiger partial charge in [-0.25, -0.2) is 15.0 Å². The summed E-state index contributed by atoms with van der Waals surface area (Å²) in [5.74, 6) is 1.80. The van der Waals surface area contributed by atoms with Crippen molar-refractivity contribution in [3.63, 3.8) is 0 Å². The molecule has 0 fully saturated rings. The van der Waals surface area contributed by atoms with E-state index in [1.807, 2.05) is 0 Å². The monoisotopic (exact) mass is 679 g/mol. The lowest BCUT2D eigenvalue weighted by Crippen LogP contribution is -2.00. The number of rotatable bonds is 5. The smallest absolute Gasteiger partial charge is 0.167 e. The third-order valence-corrected chi connectivity index (χ3v) is 10.3. The Bertz CT molecular complexity index is 2940. The molecule has 2 heterocycles. The van der Waals surface area contributed by atoms with Crippen molar-refractivity contribution in [1.82, 2.24) is 15.0 Å². The van der Waals surface area contributed by atoms with Gasteiger partial charge in [-0.2, -0.15) is 0 Å². The van der Waals surface area contributed by atoms with E-state index in [1.165, 1.54) is 27.5 Å². The Kier molecular flexibility index (Phi) is 7.22. The highest BCUT2D eigenvalue weighted by atomic mass is 16.3. The molecule has 0 aliphatic carbocycles. The summed E-state index contributed by atoms with van der Waals surface area (Å²) in [5.41, 5.74) is 11.2. The van der Waals surface area contributed by atoms with Gasteiger partial charge in [0.2, 0.25) is 0 Å². The summed E-state index contributed by atoms with van der Waals surface area (Å²) in [7, 11) is 0. The SMILES string of the molecule is Cc1ccc(-c2nc(-c3ccc(C)cc3)nc(-c3ccc(-c4cccc(-c5cccc6ccccc56)c4)c4c3oc3c5ccccc5ccc34)n2)cc1. The van der Waals surface area contributed by atoms with Crippen LogP contribution in [0, 0.1) is 13.8 Å². The number of benzene rings is 8. The van der Waals surface area contributed by atoms with Crippen LogP contribution in [0.5, 0.6) is 0 Å². The average molecular weight is 680 g/mol. The molecule has 0 amide bonds. The minimum atomic E-state index is 0.565. The molecule has 4 heteroatoms. The van der Waals surface area contributed by atoms with E-state index in [9.17, 15) is 0 Å². The van der Waals surface area contributed by atoms with Gasteiger partial charge in [-0.3, -0.25) is 0 Å². The number of nitrogens with zero attached hydrogens (tertiary/aromatic N) is 3. The number of hydrogen-bond acceptors (Lipinski definition) is 4. The average Bonchev–Trinajstić information content (AvgIpc) is 3.61. The molecule has 0 saturated carbocycles. The van der Waals surface area contributed by atoms with Crippen LogP contribution >= 0.6 is 0 Å². The van der Waals surface area contributed by atoms with E-state index >= 15 is 0 Å². The minimum absolute atomic E-state index is 0.565. The maximum Gasteiger partial charge on any atom is 0.167 e. The van der Waals surface area contributed by atoms with Crippen LogP contribution in [0.4, 0.5) is 0 Å². The van der Waals surface area contributed by atoms with Crippen molar-refractivity contribution in [3.05, 3.63) is 175 Å². The fourth-order valence-corrected chi connectivity index (χ4v) is 7.52. The molecule has 0 aliphatic rings. The highest BCUT2D eigenvalue weighted by molar-refractivity contribution is 6.21. The molecule has 0 radical (unpaired) electrons. The lowest BCUT2D eigenvalue weighted by Gasteiger charge is -2.12. The molecular weight excluding hydrogens is 647 g/mol. The maximum atomic E-state index is 7.01. The first-order valence-electron chi connectivity index (χ1n) is 17.9. The molecule has 2 aromatic heterocycles. The molecule has 0 unspecified atom stereocenters. The summed E-state index contributed by atoms with van der Waals surface area (Å²) in [6.45, 7) is 4.17. The molecule has 0 aliphatic heterocycles. The Morgan fingerprint density at radius 3 is 1.60 bits per heavy atom. The first kappa shape index (κ1) is 30.9. The van der Waals surface area contributed by atoms with Crippen LogP contribution < -0.4 is 0 Å². The maximum absolute atomic E-state index is 7.01. The minimum Gasteiger partial charge on any atom is -0.455 e. The number of furan rings is 1. The molecule has 10 aromatic rings. The van der Waals surface area contributed by atoms with E-state index in [-0.39, 0.29) is 0 Å². The van der Waals surface area contributed by atoms with E-state index in [4.69, 9.17) is 19.4 Å². The van der Waals surface area contributed by atoms with Gasteiger partial charge in [0.1, 0.15) is 11.2 Å². The van der Waals surface area contributed by atoms with Crippen LogP contribution in [0.2, 0.25) is 0 Å². The number of hydrogen-bond donors (Lipinski definition) is 0. The predicted molar refractivity (Wildman–Crippen MR) is 219 cm³/mol. The molecule has 4 nitrogen and oxygen atoms in total. The second-order valence-electron chi connectivity index (χ2n) is 13.8. The van der Waals surface area contributed by atoms with Crippen LogP contribution in [0.15, 0.2) is 168 Å². The van der Waals surface area contributed by atoms with E-state index in [0.717, 1.165) is 66.1 Å². The second kappa shape index (κ2) is 12.4. The van der Waals surface area contributed by atoms with Crippen molar-refractivity contribution in [1.29, 1.82) is 0 Å². The second-order valence-corrected chi connectivity index (χ2v) is 13.8.